The van der Waals surface area contributed by atoms with E-state index >= 15 is 0 Å². The first kappa shape index (κ1) is 19.0. The summed E-state index contributed by atoms with van der Waals surface area (Å²) in [5.41, 5.74) is -0.291. The highest BCUT2D eigenvalue weighted by atomic mass is 35.5. The number of rotatable bonds is 4. The first-order chi connectivity index (χ1) is 12.4. The lowest BCUT2D eigenvalue weighted by Crippen LogP contribution is -2.64. The number of nitrogens with zero attached hydrogens (tertiary/aromatic N) is 3. The molecule has 0 atom stereocenters. The minimum atomic E-state index is -0.812. The molecule has 142 valence electrons. The quantitative estimate of drug-likeness (QED) is 0.747. The maximum absolute atomic E-state index is 13.9. The van der Waals surface area contributed by atoms with E-state index in [1.165, 1.54) is 4.90 Å². The number of carbonyl (C=O) groups is 2. The van der Waals surface area contributed by atoms with Crippen molar-refractivity contribution in [3.63, 3.8) is 0 Å². The van der Waals surface area contributed by atoms with Crippen LogP contribution >= 0.6 is 11.6 Å². The summed E-state index contributed by atoms with van der Waals surface area (Å²) in [4.78, 5) is 29.9. The van der Waals surface area contributed by atoms with E-state index in [0.717, 1.165) is 31.6 Å². The second kappa shape index (κ2) is 7.88. The van der Waals surface area contributed by atoms with Crippen molar-refractivity contribution >= 4 is 23.4 Å². The van der Waals surface area contributed by atoms with Crippen molar-refractivity contribution in [2.45, 2.75) is 25.8 Å². The predicted octanol–water partition coefficient (Wildman–Crippen LogP) is 2.39. The van der Waals surface area contributed by atoms with Crippen LogP contribution in [0.5, 0.6) is 0 Å². The van der Waals surface area contributed by atoms with Gasteiger partial charge in [0.05, 0.1) is 10.6 Å². The molecule has 26 heavy (non-hydrogen) atoms. The van der Waals surface area contributed by atoms with Crippen LogP contribution in [0, 0.1) is 11.6 Å². The Morgan fingerprint density at radius 3 is 2.35 bits per heavy atom. The highest BCUT2D eigenvalue weighted by molar-refractivity contribution is 6.30. The smallest absolute Gasteiger partial charge is 0.257 e. The molecule has 1 aromatic carbocycles. The molecular weight excluding hydrogens is 364 g/mol. The lowest BCUT2D eigenvalue weighted by molar-refractivity contribution is -0.139. The highest BCUT2D eigenvalue weighted by Gasteiger charge is 2.36. The van der Waals surface area contributed by atoms with Crippen molar-refractivity contribution in [3.05, 3.63) is 34.4 Å². The summed E-state index contributed by atoms with van der Waals surface area (Å²) < 4.78 is 27.5. The molecule has 0 spiro atoms. The molecule has 0 aromatic heterocycles. The van der Waals surface area contributed by atoms with Gasteiger partial charge in [-0.25, -0.2) is 8.78 Å². The van der Waals surface area contributed by atoms with Gasteiger partial charge in [0, 0.05) is 51.7 Å². The SMILES string of the molecule is CCCC(=O)N1CC(N2CCN(C(=O)c3cc(F)c(Cl)cc3F)CC2)C1. The minimum absolute atomic E-state index is 0.192. The largest absolute Gasteiger partial charge is 0.339 e. The van der Waals surface area contributed by atoms with E-state index in [0.29, 0.717) is 38.6 Å². The van der Waals surface area contributed by atoms with Gasteiger partial charge in [-0.1, -0.05) is 18.5 Å². The van der Waals surface area contributed by atoms with Gasteiger partial charge in [0.2, 0.25) is 5.91 Å². The molecule has 0 bridgehead atoms. The van der Waals surface area contributed by atoms with Gasteiger partial charge in [0.25, 0.3) is 5.91 Å². The molecule has 2 saturated heterocycles. The molecule has 0 saturated carbocycles. The van der Waals surface area contributed by atoms with Gasteiger partial charge in [-0.15, -0.1) is 0 Å². The van der Waals surface area contributed by atoms with Gasteiger partial charge in [-0.2, -0.15) is 0 Å². The molecule has 2 aliphatic heterocycles. The summed E-state index contributed by atoms with van der Waals surface area (Å²) in [6, 6.07) is 2.00. The summed E-state index contributed by atoms with van der Waals surface area (Å²) >= 11 is 5.53. The zero-order valence-corrected chi connectivity index (χ0v) is 15.4. The molecule has 1 aromatic rings. The molecular formula is C18H22ClF2N3O2. The number of halogens is 3. The molecule has 8 heteroatoms. The van der Waals surface area contributed by atoms with Gasteiger partial charge in [-0.3, -0.25) is 14.5 Å². The molecule has 0 aliphatic carbocycles. The van der Waals surface area contributed by atoms with Crippen LogP contribution in [0.1, 0.15) is 30.1 Å². The van der Waals surface area contributed by atoms with Crippen molar-refractivity contribution in [1.29, 1.82) is 0 Å². The number of hydrogen-bond acceptors (Lipinski definition) is 3. The number of piperazine rings is 1. The van der Waals surface area contributed by atoms with Crippen molar-refractivity contribution in [2.75, 3.05) is 39.3 Å². The number of benzene rings is 1. The number of hydrogen-bond donors (Lipinski definition) is 0. The summed E-state index contributed by atoms with van der Waals surface area (Å²) in [5.74, 6) is -1.95. The van der Waals surface area contributed by atoms with E-state index in [1.54, 1.807) is 0 Å². The Morgan fingerprint density at radius 1 is 1.08 bits per heavy atom. The second-order valence-corrected chi connectivity index (χ2v) is 7.18. The Bertz CT molecular complexity index is 702. The van der Waals surface area contributed by atoms with E-state index in [4.69, 9.17) is 11.6 Å². The summed E-state index contributed by atoms with van der Waals surface area (Å²) in [6.45, 7) is 5.64. The Kier molecular flexibility index (Phi) is 5.77. The van der Waals surface area contributed by atoms with Crippen molar-refractivity contribution in [2.24, 2.45) is 0 Å². The highest BCUT2D eigenvalue weighted by Crippen LogP contribution is 2.22. The molecule has 0 N–H and O–H groups in total. The Hall–Kier alpha value is -1.73. The third-order valence-electron chi connectivity index (χ3n) is 5.04. The zero-order valence-electron chi connectivity index (χ0n) is 14.7. The lowest BCUT2D eigenvalue weighted by atomic mass is 10.0. The van der Waals surface area contributed by atoms with E-state index in [2.05, 4.69) is 4.90 Å². The van der Waals surface area contributed by atoms with Gasteiger partial charge in [-0.05, 0) is 18.6 Å². The summed E-state index contributed by atoms with van der Waals surface area (Å²) in [6.07, 6.45) is 1.43. The average Bonchev–Trinajstić information content (AvgIpc) is 2.57. The third kappa shape index (κ3) is 3.83. The number of likely N-dealkylation sites (tertiary alicyclic amines) is 1. The fourth-order valence-electron chi connectivity index (χ4n) is 3.41. The van der Waals surface area contributed by atoms with Crippen LogP contribution < -0.4 is 0 Å². The van der Waals surface area contributed by atoms with Crippen LogP contribution in [0.4, 0.5) is 8.78 Å². The molecule has 2 aliphatic rings. The van der Waals surface area contributed by atoms with Gasteiger partial charge < -0.3 is 9.80 Å². The Labute approximate surface area is 156 Å². The number of amides is 2. The van der Waals surface area contributed by atoms with Crippen LogP contribution in [0.25, 0.3) is 0 Å². The fourth-order valence-corrected chi connectivity index (χ4v) is 3.56. The van der Waals surface area contributed by atoms with Crippen molar-refractivity contribution in [3.8, 4) is 0 Å². The Balaban J connectivity index is 1.52. The van der Waals surface area contributed by atoms with Crippen molar-refractivity contribution < 1.29 is 18.4 Å². The van der Waals surface area contributed by atoms with Gasteiger partial charge in [0.15, 0.2) is 0 Å². The van der Waals surface area contributed by atoms with Crippen LogP contribution in [0.2, 0.25) is 5.02 Å². The van der Waals surface area contributed by atoms with Crippen molar-refractivity contribution in [1.82, 2.24) is 14.7 Å². The molecule has 0 radical (unpaired) electrons. The molecule has 2 fully saturated rings. The average molecular weight is 386 g/mol. The normalized spacial score (nSPS) is 18.8. The standard InChI is InChI=1S/C18H22ClF2N3O2/c1-2-3-17(25)24-10-12(11-24)22-4-6-23(7-5-22)18(26)13-8-16(21)14(19)9-15(13)20/h8-9,12H,2-7,10-11H2,1H3. The van der Waals surface area contributed by atoms with Gasteiger partial charge in [0.1, 0.15) is 11.6 Å². The maximum atomic E-state index is 13.9. The van der Waals surface area contributed by atoms with Gasteiger partial charge >= 0.3 is 0 Å². The van der Waals surface area contributed by atoms with Crippen LogP contribution in [-0.2, 0) is 4.79 Å². The Morgan fingerprint density at radius 2 is 1.73 bits per heavy atom. The van der Waals surface area contributed by atoms with Crippen LogP contribution in [-0.4, -0.2) is 71.8 Å². The second-order valence-electron chi connectivity index (χ2n) is 6.78. The third-order valence-corrected chi connectivity index (χ3v) is 5.33. The zero-order chi connectivity index (χ0) is 18.8. The fraction of sp³-hybridized carbons (Fsp3) is 0.556. The monoisotopic (exact) mass is 385 g/mol. The summed E-state index contributed by atoms with van der Waals surface area (Å²) in [5, 5.41) is -0.337. The molecule has 3 rings (SSSR count). The molecule has 2 amide bonds. The maximum Gasteiger partial charge on any atom is 0.257 e. The van der Waals surface area contributed by atoms with Crippen LogP contribution in [0.3, 0.4) is 0 Å². The van der Waals surface area contributed by atoms with E-state index in [1.807, 2.05) is 11.8 Å². The molecule has 0 unspecified atom stereocenters. The molecule has 5 nitrogen and oxygen atoms in total. The van der Waals surface area contributed by atoms with Crippen LogP contribution in [0.15, 0.2) is 12.1 Å². The minimum Gasteiger partial charge on any atom is -0.339 e. The predicted molar refractivity (Wildman–Crippen MR) is 94.1 cm³/mol. The lowest BCUT2D eigenvalue weighted by Gasteiger charge is -2.48. The first-order valence-corrected chi connectivity index (χ1v) is 9.24. The first-order valence-electron chi connectivity index (χ1n) is 8.86. The van der Waals surface area contributed by atoms with E-state index in [-0.39, 0.29) is 16.5 Å². The van der Waals surface area contributed by atoms with E-state index in [9.17, 15) is 18.4 Å². The summed E-state index contributed by atoms with van der Waals surface area (Å²) in [7, 11) is 0. The van der Waals surface area contributed by atoms with E-state index < -0.39 is 17.5 Å². The molecule has 2 heterocycles. The number of carbonyl (C=O) groups excluding carboxylic acids is 2. The topological polar surface area (TPSA) is 43.9 Å².